The fourth-order valence-corrected chi connectivity index (χ4v) is 3.71. The Morgan fingerprint density at radius 3 is 2.04 bits per heavy atom. The first kappa shape index (κ1) is 24.1. The molecule has 1 unspecified atom stereocenters. The molecule has 1 atom stereocenters. The number of rotatable bonds is 12. The Labute approximate surface area is 158 Å². The second-order valence-corrected chi connectivity index (χ2v) is 8.39. The molecule has 0 fully saturated rings. The molecule has 144 valence electrons. The largest absolute Gasteiger partial charge is 0.399 e. The maximum absolute atomic E-state index is 11.3. The molecule has 0 spiro atoms. The first-order chi connectivity index (χ1) is 12.0. The lowest BCUT2D eigenvalue weighted by molar-refractivity contribution is -0.111. The number of hydrogen-bond acceptors (Lipinski definition) is 2. The van der Waals surface area contributed by atoms with Gasteiger partial charge in [-0.15, -0.1) is 0 Å². The SMILES string of the molecule is CCCC(=O)PCCc1ccc(N)cc1.CCCCC(C)CCCC. The van der Waals surface area contributed by atoms with Crippen LogP contribution in [0.3, 0.4) is 0 Å². The van der Waals surface area contributed by atoms with Crippen molar-refractivity contribution in [3.05, 3.63) is 29.8 Å². The van der Waals surface area contributed by atoms with E-state index in [1.807, 2.05) is 31.2 Å². The van der Waals surface area contributed by atoms with Crippen LogP contribution in [0.1, 0.15) is 84.6 Å². The standard InChI is InChI=1S/C12H18NOP.C10H22/c1-2-3-12(14)15-9-8-10-4-6-11(13)7-5-10;1-4-6-8-10(3)9-7-5-2/h4-7,15H,2-3,8-9,13H2,1H3;10H,4-9H2,1-3H3. The Hall–Kier alpha value is -0.880. The second-order valence-electron chi connectivity index (χ2n) is 6.98. The molecule has 1 aromatic carbocycles. The topological polar surface area (TPSA) is 43.1 Å². The van der Waals surface area contributed by atoms with Crippen LogP contribution in [0.5, 0.6) is 0 Å². The van der Waals surface area contributed by atoms with Crippen molar-refractivity contribution in [2.45, 2.75) is 85.5 Å². The van der Waals surface area contributed by atoms with Crippen LogP contribution in [0.4, 0.5) is 5.69 Å². The Morgan fingerprint density at radius 2 is 1.56 bits per heavy atom. The summed E-state index contributed by atoms with van der Waals surface area (Å²) in [6.45, 7) is 8.97. The van der Waals surface area contributed by atoms with Gasteiger partial charge in [0.25, 0.3) is 0 Å². The highest BCUT2D eigenvalue weighted by molar-refractivity contribution is 7.57. The molecule has 0 amide bonds. The molecule has 0 aliphatic rings. The van der Waals surface area contributed by atoms with Crippen LogP contribution >= 0.6 is 8.58 Å². The molecule has 0 bridgehead atoms. The molecule has 1 rings (SSSR count). The Bertz CT molecular complexity index is 422. The Morgan fingerprint density at radius 1 is 1.00 bits per heavy atom. The van der Waals surface area contributed by atoms with E-state index in [-0.39, 0.29) is 0 Å². The lowest BCUT2D eigenvalue weighted by atomic mass is 9.98. The average Bonchev–Trinajstić information content (AvgIpc) is 2.60. The molecule has 0 saturated carbocycles. The third-order valence-electron chi connectivity index (χ3n) is 4.29. The lowest BCUT2D eigenvalue weighted by Crippen LogP contribution is -1.93. The van der Waals surface area contributed by atoms with E-state index in [0.717, 1.165) is 37.0 Å². The van der Waals surface area contributed by atoms with Crippen molar-refractivity contribution in [1.29, 1.82) is 0 Å². The number of unbranched alkanes of at least 4 members (excludes halogenated alkanes) is 2. The predicted molar refractivity (Wildman–Crippen MR) is 116 cm³/mol. The maximum Gasteiger partial charge on any atom is 0.151 e. The summed E-state index contributed by atoms with van der Waals surface area (Å²) in [6, 6.07) is 7.88. The van der Waals surface area contributed by atoms with Crippen molar-refractivity contribution < 1.29 is 4.79 Å². The van der Waals surface area contributed by atoms with Gasteiger partial charge in [-0.05, 0) is 42.6 Å². The van der Waals surface area contributed by atoms with Gasteiger partial charge in [-0.3, -0.25) is 4.79 Å². The first-order valence-corrected chi connectivity index (χ1v) is 11.3. The van der Waals surface area contributed by atoms with Crippen LogP contribution in [0.2, 0.25) is 0 Å². The fourth-order valence-electron chi connectivity index (χ4n) is 2.60. The van der Waals surface area contributed by atoms with E-state index in [2.05, 4.69) is 20.8 Å². The van der Waals surface area contributed by atoms with Crippen LogP contribution in [0.15, 0.2) is 24.3 Å². The van der Waals surface area contributed by atoms with Crippen LogP contribution in [-0.4, -0.2) is 11.7 Å². The van der Waals surface area contributed by atoms with Gasteiger partial charge in [-0.25, -0.2) is 0 Å². The van der Waals surface area contributed by atoms with E-state index in [1.54, 1.807) is 0 Å². The molecule has 0 aliphatic carbocycles. The quantitative estimate of drug-likeness (QED) is 0.326. The lowest BCUT2D eigenvalue weighted by Gasteiger charge is -2.08. The van der Waals surface area contributed by atoms with Gasteiger partial charge in [-0.2, -0.15) is 0 Å². The van der Waals surface area contributed by atoms with E-state index in [4.69, 9.17) is 5.73 Å². The van der Waals surface area contributed by atoms with Crippen molar-refractivity contribution in [1.82, 2.24) is 0 Å². The van der Waals surface area contributed by atoms with Gasteiger partial charge in [0.15, 0.2) is 5.52 Å². The van der Waals surface area contributed by atoms with E-state index in [1.165, 1.54) is 44.1 Å². The summed E-state index contributed by atoms with van der Waals surface area (Å²) in [5.74, 6) is 0.972. The zero-order valence-corrected chi connectivity index (χ0v) is 17.9. The van der Waals surface area contributed by atoms with Gasteiger partial charge in [0.05, 0.1) is 0 Å². The predicted octanol–water partition coefficient (Wildman–Crippen LogP) is 6.82. The highest BCUT2D eigenvalue weighted by atomic mass is 31.1. The summed E-state index contributed by atoms with van der Waals surface area (Å²) in [4.78, 5) is 11.3. The summed E-state index contributed by atoms with van der Waals surface area (Å²) in [5.41, 5.74) is 8.06. The molecule has 25 heavy (non-hydrogen) atoms. The van der Waals surface area contributed by atoms with Gasteiger partial charge < -0.3 is 5.73 Å². The summed E-state index contributed by atoms with van der Waals surface area (Å²) < 4.78 is 0. The van der Waals surface area contributed by atoms with E-state index < -0.39 is 0 Å². The highest BCUT2D eigenvalue weighted by Crippen LogP contribution is 2.17. The molecule has 3 heteroatoms. The van der Waals surface area contributed by atoms with Gasteiger partial charge in [0.2, 0.25) is 0 Å². The monoisotopic (exact) mass is 365 g/mol. The van der Waals surface area contributed by atoms with Crippen LogP contribution in [0, 0.1) is 5.92 Å². The number of anilines is 1. The van der Waals surface area contributed by atoms with E-state index in [9.17, 15) is 4.79 Å². The minimum absolute atomic E-state index is 0.410. The molecule has 0 saturated heterocycles. The van der Waals surface area contributed by atoms with Gasteiger partial charge in [-0.1, -0.05) is 86.9 Å². The van der Waals surface area contributed by atoms with Crippen LogP contribution < -0.4 is 5.73 Å². The molecular formula is C22H40NOP. The molecule has 2 N–H and O–H groups in total. The molecule has 1 aromatic rings. The minimum atomic E-state index is 0.410. The second kappa shape index (κ2) is 16.6. The summed E-state index contributed by atoms with van der Waals surface area (Å²) in [7, 11) is 0.465. The Kier molecular flexibility index (Phi) is 16.0. The van der Waals surface area contributed by atoms with Crippen molar-refractivity contribution in [3.8, 4) is 0 Å². The molecule has 2 nitrogen and oxygen atoms in total. The van der Waals surface area contributed by atoms with Crippen LogP contribution in [-0.2, 0) is 11.2 Å². The number of hydrogen-bond donors (Lipinski definition) is 1. The third-order valence-corrected chi connectivity index (χ3v) is 5.44. The van der Waals surface area contributed by atoms with Crippen molar-refractivity contribution in [2.75, 3.05) is 11.9 Å². The van der Waals surface area contributed by atoms with Crippen LogP contribution in [0.25, 0.3) is 0 Å². The van der Waals surface area contributed by atoms with E-state index in [0.29, 0.717) is 14.1 Å². The number of carbonyl (C=O) groups is 1. The number of benzene rings is 1. The minimum Gasteiger partial charge on any atom is -0.399 e. The zero-order valence-electron chi connectivity index (χ0n) is 16.9. The number of nitrogens with two attached hydrogens (primary N) is 1. The number of aryl methyl sites for hydroxylation is 1. The first-order valence-electron chi connectivity index (χ1n) is 10.1. The van der Waals surface area contributed by atoms with Crippen molar-refractivity contribution in [3.63, 3.8) is 0 Å². The third kappa shape index (κ3) is 15.1. The van der Waals surface area contributed by atoms with Gasteiger partial charge in [0.1, 0.15) is 0 Å². The van der Waals surface area contributed by atoms with E-state index >= 15 is 0 Å². The summed E-state index contributed by atoms with van der Waals surface area (Å²) >= 11 is 0. The Balaban J connectivity index is 0.000000504. The zero-order chi connectivity index (χ0) is 18.9. The summed E-state index contributed by atoms with van der Waals surface area (Å²) in [6.07, 6.45) is 12.1. The van der Waals surface area contributed by atoms with Crippen molar-refractivity contribution in [2.24, 2.45) is 5.92 Å². The fraction of sp³-hybridized carbons (Fsp3) is 0.682. The smallest absolute Gasteiger partial charge is 0.151 e. The normalized spacial score (nSPS) is 10.9. The number of carbonyl (C=O) groups excluding carboxylic acids is 1. The molecule has 0 aromatic heterocycles. The molecule has 0 aliphatic heterocycles. The molecular weight excluding hydrogens is 325 g/mol. The molecule has 0 radical (unpaired) electrons. The number of nitrogen functional groups attached to an aromatic ring is 1. The van der Waals surface area contributed by atoms with Gasteiger partial charge in [0, 0.05) is 12.1 Å². The van der Waals surface area contributed by atoms with Gasteiger partial charge >= 0.3 is 0 Å². The van der Waals surface area contributed by atoms with Crippen molar-refractivity contribution >= 4 is 19.8 Å². The maximum atomic E-state index is 11.3. The average molecular weight is 366 g/mol. The summed E-state index contributed by atoms with van der Waals surface area (Å²) in [5, 5.41) is 0. The molecule has 0 heterocycles. The highest BCUT2D eigenvalue weighted by Gasteiger charge is 2.00.